The predicted octanol–water partition coefficient (Wildman–Crippen LogP) is 2.86. The smallest absolute Gasteiger partial charge is 0.227 e. The number of carbonyl (C=O) groups excluding carboxylic acids is 1. The molecule has 0 saturated carbocycles. The molecule has 0 spiro atoms. The standard InChI is InChI=1S/C18H24N2O3.ClH/c1-19-10-13-4-3-7-20(11-13)18(21)8-14-12-23-17-9-15(22-2)5-6-16(14)17;/h5-6,9,12-13,19H,3-4,7-8,10-11H2,1-2H3;1H. The molecule has 2 heterocycles. The van der Waals surface area contributed by atoms with Gasteiger partial charge in [0.15, 0.2) is 0 Å². The minimum Gasteiger partial charge on any atom is -0.497 e. The highest BCUT2D eigenvalue weighted by Gasteiger charge is 2.24. The third-order valence-electron chi connectivity index (χ3n) is 4.57. The molecule has 0 aliphatic carbocycles. The SMILES string of the molecule is CNCC1CCCN(C(=O)Cc2coc3cc(OC)ccc23)C1.Cl. The van der Waals surface area contributed by atoms with Gasteiger partial charge in [0, 0.05) is 30.1 Å². The zero-order valence-corrected chi connectivity index (χ0v) is 15.0. The fraction of sp³-hybridized carbons (Fsp3) is 0.500. The average molecular weight is 353 g/mol. The fourth-order valence-corrected chi connectivity index (χ4v) is 3.35. The number of amides is 1. The summed E-state index contributed by atoms with van der Waals surface area (Å²) in [5.74, 6) is 1.50. The van der Waals surface area contributed by atoms with E-state index in [-0.39, 0.29) is 18.3 Å². The number of likely N-dealkylation sites (tertiary alicyclic amines) is 1. The van der Waals surface area contributed by atoms with E-state index in [1.165, 1.54) is 6.42 Å². The molecule has 5 nitrogen and oxygen atoms in total. The van der Waals surface area contributed by atoms with Gasteiger partial charge in [0.1, 0.15) is 11.3 Å². The van der Waals surface area contributed by atoms with Crippen molar-refractivity contribution in [3.05, 3.63) is 30.0 Å². The van der Waals surface area contributed by atoms with Crippen LogP contribution in [-0.4, -0.2) is 44.6 Å². The molecule has 0 bridgehead atoms. The topological polar surface area (TPSA) is 54.7 Å². The van der Waals surface area contributed by atoms with Crippen molar-refractivity contribution in [1.82, 2.24) is 10.2 Å². The van der Waals surface area contributed by atoms with Crippen molar-refractivity contribution in [2.24, 2.45) is 5.92 Å². The maximum atomic E-state index is 12.6. The molecule has 1 amide bonds. The molecule has 1 N–H and O–H groups in total. The van der Waals surface area contributed by atoms with E-state index in [9.17, 15) is 4.79 Å². The van der Waals surface area contributed by atoms with Gasteiger partial charge in [-0.05, 0) is 44.5 Å². The number of hydrogen-bond donors (Lipinski definition) is 1. The summed E-state index contributed by atoms with van der Waals surface area (Å²) in [5, 5.41) is 4.20. The van der Waals surface area contributed by atoms with Crippen LogP contribution >= 0.6 is 12.4 Å². The zero-order valence-electron chi connectivity index (χ0n) is 14.2. The maximum Gasteiger partial charge on any atom is 0.227 e. The third-order valence-corrected chi connectivity index (χ3v) is 4.57. The van der Waals surface area contributed by atoms with E-state index in [0.717, 1.165) is 48.3 Å². The second-order valence-corrected chi connectivity index (χ2v) is 6.21. The summed E-state index contributed by atoms with van der Waals surface area (Å²) in [4.78, 5) is 14.6. The van der Waals surface area contributed by atoms with Crippen molar-refractivity contribution in [2.45, 2.75) is 19.3 Å². The van der Waals surface area contributed by atoms with Crippen LogP contribution in [0.2, 0.25) is 0 Å². The minimum absolute atomic E-state index is 0. The lowest BCUT2D eigenvalue weighted by Gasteiger charge is -2.32. The Labute approximate surface area is 148 Å². The molecular formula is C18H25ClN2O3. The number of benzene rings is 1. The molecule has 1 fully saturated rings. The van der Waals surface area contributed by atoms with Crippen LogP contribution in [-0.2, 0) is 11.2 Å². The van der Waals surface area contributed by atoms with E-state index in [1.54, 1.807) is 13.4 Å². The first-order chi connectivity index (χ1) is 11.2. The Hall–Kier alpha value is -1.72. The second kappa shape index (κ2) is 8.40. The van der Waals surface area contributed by atoms with Crippen molar-refractivity contribution < 1.29 is 13.9 Å². The normalized spacial score (nSPS) is 17.6. The molecule has 3 rings (SSSR count). The molecule has 1 aromatic heterocycles. The largest absolute Gasteiger partial charge is 0.497 e. The van der Waals surface area contributed by atoms with Gasteiger partial charge in [-0.25, -0.2) is 0 Å². The molecule has 0 radical (unpaired) electrons. The number of piperidine rings is 1. The van der Waals surface area contributed by atoms with Crippen LogP contribution in [0, 0.1) is 5.92 Å². The second-order valence-electron chi connectivity index (χ2n) is 6.21. The summed E-state index contributed by atoms with van der Waals surface area (Å²) in [6, 6.07) is 5.71. The number of methoxy groups -OCH3 is 1. The van der Waals surface area contributed by atoms with Crippen molar-refractivity contribution in [3.63, 3.8) is 0 Å². The Kier molecular flexibility index (Phi) is 6.52. The number of furan rings is 1. The first-order valence-electron chi connectivity index (χ1n) is 8.17. The summed E-state index contributed by atoms with van der Waals surface area (Å²) in [6.07, 6.45) is 4.36. The van der Waals surface area contributed by atoms with Crippen LogP contribution in [0.1, 0.15) is 18.4 Å². The quantitative estimate of drug-likeness (QED) is 0.899. The van der Waals surface area contributed by atoms with Crippen LogP contribution in [0.5, 0.6) is 5.75 Å². The van der Waals surface area contributed by atoms with Crippen LogP contribution < -0.4 is 10.1 Å². The van der Waals surface area contributed by atoms with E-state index in [1.807, 2.05) is 30.1 Å². The number of halogens is 1. The Morgan fingerprint density at radius 1 is 1.46 bits per heavy atom. The maximum absolute atomic E-state index is 12.6. The first-order valence-corrected chi connectivity index (χ1v) is 8.17. The number of hydrogen-bond acceptors (Lipinski definition) is 4. The minimum atomic E-state index is 0. The van der Waals surface area contributed by atoms with E-state index in [4.69, 9.17) is 9.15 Å². The average Bonchev–Trinajstić information content (AvgIpc) is 2.97. The molecule has 1 unspecified atom stereocenters. The monoisotopic (exact) mass is 352 g/mol. The van der Waals surface area contributed by atoms with Gasteiger partial charge < -0.3 is 19.4 Å². The summed E-state index contributed by atoms with van der Waals surface area (Å²) in [5.41, 5.74) is 1.71. The Bertz CT molecular complexity index is 684. The van der Waals surface area contributed by atoms with Gasteiger partial charge in [-0.1, -0.05) is 0 Å². The lowest BCUT2D eigenvalue weighted by atomic mass is 9.97. The number of rotatable bonds is 5. The van der Waals surface area contributed by atoms with Gasteiger partial charge in [0.25, 0.3) is 0 Å². The number of nitrogens with one attached hydrogen (secondary N) is 1. The molecule has 6 heteroatoms. The van der Waals surface area contributed by atoms with Gasteiger partial charge in [-0.2, -0.15) is 0 Å². The van der Waals surface area contributed by atoms with E-state index >= 15 is 0 Å². The summed E-state index contributed by atoms with van der Waals surface area (Å²) in [7, 11) is 3.60. The highest BCUT2D eigenvalue weighted by atomic mass is 35.5. The van der Waals surface area contributed by atoms with Gasteiger partial charge in [0.2, 0.25) is 5.91 Å². The van der Waals surface area contributed by atoms with Crippen molar-refractivity contribution in [3.8, 4) is 5.75 Å². The summed E-state index contributed by atoms with van der Waals surface area (Å²) >= 11 is 0. The van der Waals surface area contributed by atoms with Crippen molar-refractivity contribution >= 4 is 29.3 Å². The highest BCUT2D eigenvalue weighted by Crippen LogP contribution is 2.26. The Morgan fingerprint density at radius 3 is 3.04 bits per heavy atom. The molecule has 1 saturated heterocycles. The summed E-state index contributed by atoms with van der Waals surface area (Å²) in [6.45, 7) is 2.68. The van der Waals surface area contributed by atoms with Crippen LogP contribution in [0.4, 0.5) is 0 Å². The number of ether oxygens (including phenoxy) is 1. The lowest BCUT2D eigenvalue weighted by Crippen LogP contribution is -2.43. The fourth-order valence-electron chi connectivity index (χ4n) is 3.35. The zero-order chi connectivity index (χ0) is 16.2. The molecule has 2 aromatic rings. The molecule has 132 valence electrons. The number of nitrogens with zero attached hydrogens (tertiary/aromatic N) is 1. The van der Waals surface area contributed by atoms with Gasteiger partial charge in [-0.15, -0.1) is 12.4 Å². The Morgan fingerprint density at radius 2 is 2.29 bits per heavy atom. The molecule has 1 aromatic carbocycles. The van der Waals surface area contributed by atoms with Gasteiger partial charge in [-0.3, -0.25) is 4.79 Å². The molecule has 24 heavy (non-hydrogen) atoms. The third kappa shape index (κ3) is 4.02. The molecular weight excluding hydrogens is 328 g/mol. The van der Waals surface area contributed by atoms with E-state index in [0.29, 0.717) is 12.3 Å². The van der Waals surface area contributed by atoms with Gasteiger partial charge in [0.05, 0.1) is 19.8 Å². The van der Waals surface area contributed by atoms with Crippen molar-refractivity contribution in [2.75, 3.05) is 33.8 Å². The predicted molar refractivity (Wildman–Crippen MR) is 96.9 cm³/mol. The van der Waals surface area contributed by atoms with Crippen LogP contribution in [0.15, 0.2) is 28.9 Å². The van der Waals surface area contributed by atoms with Crippen LogP contribution in [0.25, 0.3) is 11.0 Å². The Balaban J connectivity index is 0.00000208. The molecule has 1 atom stereocenters. The number of fused-ring (bicyclic) bond motifs is 1. The van der Waals surface area contributed by atoms with Crippen molar-refractivity contribution in [1.29, 1.82) is 0 Å². The molecule has 1 aliphatic heterocycles. The van der Waals surface area contributed by atoms with Gasteiger partial charge >= 0.3 is 0 Å². The first kappa shape index (κ1) is 18.6. The number of carbonyl (C=O) groups is 1. The van der Waals surface area contributed by atoms with E-state index < -0.39 is 0 Å². The summed E-state index contributed by atoms with van der Waals surface area (Å²) < 4.78 is 10.8. The highest BCUT2D eigenvalue weighted by molar-refractivity contribution is 5.88. The lowest BCUT2D eigenvalue weighted by molar-refractivity contribution is -0.132. The van der Waals surface area contributed by atoms with Crippen LogP contribution in [0.3, 0.4) is 0 Å². The van der Waals surface area contributed by atoms with E-state index in [2.05, 4.69) is 5.32 Å². The molecule has 1 aliphatic rings.